The van der Waals surface area contributed by atoms with Crippen LogP contribution in [0.25, 0.3) is 22.3 Å². The van der Waals surface area contributed by atoms with Crippen LogP contribution in [0, 0.1) is 0 Å². The van der Waals surface area contributed by atoms with Crippen LogP contribution in [0.5, 0.6) is 11.5 Å². The third kappa shape index (κ3) is 6.79. The average Bonchev–Trinajstić information content (AvgIpc) is 3.56. The van der Waals surface area contributed by atoms with Gasteiger partial charge in [0.15, 0.2) is 0 Å². The molecule has 2 aromatic heterocycles. The van der Waals surface area contributed by atoms with Crippen molar-refractivity contribution in [3.8, 4) is 22.8 Å². The van der Waals surface area contributed by atoms with E-state index in [0.717, 1.165) is 90.7 Å². The van der Waals surface area contributed by atoms with Crippen molar-refractivity contribution in [1.82, 2.24) is 24.6 Å². The van der Waals surface area contributed by atoms with E-state index in [4.69, 9.17) is 24.2 Å². The van der Waals surface area contributed by atoms with Crippen LogP contribution >= 0.6 is 0 Å². The average molecular weight is 579 g/mol. The summed E-state index contributed by atoms with van der Waals surface area (Å²) in [6.45, 7) is 3.21. The maximum Gasteiger partial charge on any atom is 0.150 e. The number of rotatable bonds is 11. The van der Waals surface area contributed by atoms with Gasteiger partial charge in [-0.05, 0) is 50.1 Å². The summed E-state index contributed by atoms with van der Waals surface area (Å²) in [6.07, 6.45) is 8.87. The third-order valence-electron chi connectivity index (χ3n) is 7.83. The quantitative estimate of drug-likeness (QED) is 0.176. The first-order valence-electron chi connectivity index (χ1n) is 14.8. The zero-order chi connectivity index (χ0) is 29.6. The van der Waals surface area contributed by atoms with Gasteiger partial charge in [0.25, 0.3) is 0 Å². The number of fused-ring (bicyclic) bond motifs is 1. The number of hydrogen-bond donors (Lipinski definition) is 0. The molecule has 3 aromatic carbocycles. The zero-order valence-electron chi connectivity index (χ0n) is 25.0. The van der Waals surface area contributed by atoms with Gasteiger partial charge in [0, 0.05) is 67.6 Å². The lowest BCUT2D eigenvalue weighted by Crippen LogP contribution is -2.30. The summed E-state index contributed by atoms with van der Waals surface area (Å²) >= 11 is 0. The number of anilines is 2. The summed E-state index contributed by atoms with van der Waals surface area (Å²) < 4.78 is 19.0. The van der Waals surface area contributed by atoms with E-state index in [2.05, 4.69) is 58.3 Å². The summed E-state index contributed by atoms with van der Waals surface area (Å²) in [7, 11) is 5.49. The number of hydrogen-bond acceptors (Lipinski definition) is 8. The lowest BCUT2D eigenvalue weighted by Gasteiger charge is -2.28. The number of nitrogens with zero attached hydrogens (tertiary/aromatic N) is 6. The van der Waals surface area contributed by atoms with Crippen molar-refractivity contribution < 1.29 is 14.2 Å². The first-order valence-corrected chi connectivity index (χ1v) is 14.8. The molecule has 1 aliphatic rings. The molecule has 1 fully saturated rings. The fourth-order valence-electron chi connectivity index (χ4n) is 5.47. The highest BCUT2D eigenvalue weighted by Crippen LogP contribution is 2.34. The topological polar surface area (TPSA) is 77.8 Å². The van der Waals surface area contributed by atoms with Crippen molar-refractivity contribution in [2.45, 2.75) is 32.0 Å². The van der Waals surface area contributed by atoms with E-state index in [0.29, 0.717) is 0 Å². The van der Waals surface area contributed by atoms with Crippen molar-refractivity contribution >= 4 is 22.4 Å². The molecule has 0 spiro atoms. The molecule has 0 aliphatic carbocycles. The predicted molar refractivity (Wildman–Crippen MR) is 169 cm³/mol. The molecule has 3 heterocycles. The van der Waals surface area contributed by atoms with Gasteiger partial charge in [-0.2, -0.15) is 5.10 Å². The van der Waals surface area contributed by atoms with E-state index in [1.165, 1.54) is 5.56 Å². The van der Waals surface area contributed by atoms with Crippen LogP contribution in [0.15, 0.2) is 85.3 Å². The molecule has 9 nitrogen and oxygen atoms in total. The van der Waals surface area contributed by atoms with Crippen LogP contribution in [0.2, 0.25) is 0 Å². The Morgan fingerprint density at radius 1 is 0.884 bits per heavy atom. The molecule has 1 saturated heterocycles. The summed E-state index contributed by atoms with van der Waals surface area (Å²) in [6, 6.07) is 22.7. The molecular formula is C34H38N6O3. The molecule has 1 unspecified atom stereocenters. The summed E-state index contributed by atoms with van der Waals surface area (Å²) in [5.41, 5.74) is 6.62. The van der Waals surface area contributed by atoms with E-state index in [-0.39, 0.29) is 6.23 Å². The van der Waals surface area contributed by atoms with E-state index in [1.807, 2.05) is 53.6 Å². The predicted octanol–water partition coefficient (Wildman–Crippen LogP) is 6.48. The molecule has 0 saturated carbocycles. The van der Waals surface area contributed by atoms with Crippen LogP contribution in [-0.2, 0) is 11.3 Å². The van der Waals surface area contributed by atoms with Crippen molar-refractivity contribution in [1.29, 1.82) is 0 Å². The van der Waals surface area contributed by atoms with Crippen LogP contribution in [0.3, 0.4) is 0 Å². The van der Waals surface area contributed by atoms with Crippen molar-refractivity contribution in [2.24, 2.45) is 0 Å². The smallest absolute Gasteiger partial charge is 0.150 e. The summed E-state index contributed by atoms with van der Waals surface area (Å²) in [5.74, 6) is 1.47. The van der Waals surface area contributed by atoms with E-state index in [1.54, 1.807) is 14.2 Å². The van der Waals surface area contributed by atoms with Crippen molar-refractivity contribution in [3.05, 3.63) is 90.9 Å². The zero-order valence-corrected chi connectivity index (χ0v) is 25.0. The first kappa shape index (κ1) is 28.6. The highest BCUT2D eigenvalue weighted by atomic mass is 16.5. The first-order chi connectivity index (χ1) is 21.1. The normalized spacial score (nSPS) is 15.1. The van der Waals surface area contributed by atoms with Crippen LogP contribution in [-0.4, -0.2) is 65.6 Å². The molecule has 6 rings (SSSR count). The van der Waals surface area contributed by atoms with Gasteiger partial charge in [0.05, 0.1) is 43.3 Å². The molecule has 5 aromatic rings. The van der Waals surface area contributed by atoms with Gasteiger partial charge < -0.3 is 24.0 Å². The minimum atomic E-state index is -0.0176. The standard InChI is InChI=1S/C34H38N6O3/c1-38(23-25-9-5-4-6-10-25)14-15-39(28-17-29(41-2)20-30(18-28)42-3)27-12-13-31-32(19-27)37-33(22-35-31)26-21-36-40(24-26)34-11-7-8-16-43-34/h4-6,9-10,12-13,17-22,24,34H,7-8,11,14-16,23H2,1-3H3. The highest BCUT2D eigenvalue weighted by Gasteiger charge is 2.18. The minimum absolute atomic E-state index is 0.0176. The largest absolute Gasteiger partial charge is 0.497 e. The molecule has 1 atom stereocenters. The fourth-order valence-corrected chi connectivity index (χ4v) is 5.47. The van der Waals surface area contributed by atoms with E-state index < -0.39 is 0 Å². The number of ether oxygens (including phenoxy) is 3. The second-order valence-corrected chi connectivity index (χ2v) is 10.9. The van der Waals surface area contributed by atoms with Gasteiger partial charge in [-0.15, -0.1) is 0 Å². The Morgan fingerprint density at radius 3 is 2.44 bits per heavy atom. The Morgan fingerprint density at radius 2 is 1.70 bits per heavy atom. The second-order valence-electron chi connectivity index (χ2n) is 10.9. The van der Waals surface area contributed by atoms with Gasteiger partial charge in [-0.25, -0.2) is 9.67 Å². The Bertz CT molecular complexity index is 1630. The van der Waals surface area contributed by atoms with E-state index in [9.17, 15) is 0 Å². The molecule has 0 bridgehead atoms. The van der Waals surface area contributed by atoms with Gasteiger partial charge in [-0.1, -0.05) is 30.3 Å². The SMILES string of the molecule is COc1cc(OC)cc(N(CCN(C)Cc2ccccc2)c2ccc3ncc(-c4cnn(C5CCCCO5)c4)nc3c2)c1. The number of benzene rings is 3. The molecule has 43 heavy (non-hydrogen) atoms. The van der Waals surface area contributed by atoms with Crippen LogP contribution in [0.1, 0.15) is 31.1 Å². The van der Waals surface area contributed by atoms with Gasteiger partial charge in [0.1, 0.15) is 17.7 Å². The third-order valence-corrected chi connectivity index (χ3v) is 7.83. The molecule has 0 amide bonds. The molecule has 222 valence electrons. The van der Waals surface area contributed by atoms with Gasteiger partial charge >= 0.3 is 0 Å². The maximum absolute atomic E-state index is 5.91. The fraction of sp³-hybridized carbons (Fsp3) is 0.324. The summed E-state index contributed by atoms with van der Waals surface area (Å²) in [5, 5.41) is 4.57. The van der Waals surface area contributed by atoms with Gasteiger partial charge in [-0.3, -0.25) is 4.98 Å². The lowest BCUT2D eigenvalue weighted by atomic mass is 10.1. The monoisotopic (exact) mass is 578 g/mol. The summed E-state index contributed by atoms with van der Waals surface area (Å²) in [4.78, 5) is 14.3. The Balaban J connectivity index is 1.31. The lowest BCUT2D eigenvalue weighted by molar-refractivity contribution is -0.0394. The van der Waals surface area contributed by atoms with Crippen molar-refractivity contribution in [2.75, 3.05) is 45.9 Å². The van der Waals surface area contributed by atoms with Crippen LogP contribution in [0.4, 0.5) is 11.4 Å². The molecule has 0 radical (unpaired) electrons. The van der Waals surface area contributed by atoms with Crippen LogP contribution < -0.4 is 14.4 Å². The van der Waals surface area contributed by atoms with E-state index >= 15 is 0 Å². The van der Waals surface area contributed by atoms with Crippen molar-refractivity contribution in [3.63, 3.8) is 0 Å². The molecule has 9 heteroatoms. The Labute approximate surface area is 252 Å². The Hall–Kier alpha value is -4.47. The maximum atomic E-state index is 5.91. The Kier molecular flexibility index (Phi) is 8.81. The minimum Gasteiger partial charge on any atom is -0.497 e. The van der Waals surface area contributed by atoms with Gasteiger partial charge in [0.2, 0.25) is 0 Å². The number of aromatic nitrogens is 4. The molecule has 1 aliphatic heterocycles. The number of methoxy groups -OCH3 is 2. The molecule has 0 N–H and O–H groups in total. The molecular weight excluding hydrogens is 540 g/mol. The second kappa shape index (κ2) is 13.2. The highest BCUT2D eigenvalue weighted by molar-refractivity contribution is 5.82. The number of likely N-dealkylation sites (N-methyl/N-ethyl adjacent to an activating group) is 1.